The van der Waals surface area contributed by atoms with Crippen molar-refractivity contribution in [2.45, 2.75) is 13.0 Å². The maximum atomic E-state index is 4.65. The Kier molecular flexibility index (Phi) is 3.74. The molecule has 0 fully saturated rings. The predicted octanol–water partition coefficient (Wildman–Crippen LogP) is 2.30. The summed E-state index contributed by atoms with van der Waals surface area (Å²) in [5, 5.41) is 3.45. The summed E-state index contributed by atoms with van der Waals surface area (Å²) in [5.74, 6) is 1.07. The van der Waals surface area contributed by atoms with Gasteiger partial charge in [0.2, 0.25) is 0 Å². The normalized spacial score (nSPS) is 11.1. The zero-order valence-electron chi connectivity index (χ0n) is 11.6. The van der Waals surface area contributed by atoms with E-state index in [1.54, 1.807) is 0 Å². The molecular weight excluding hydrogens is 248 g/mol. The monoisotopic (exact) mass is 266 g/mol. The average molecular weight is 266 g/mol. The van der Waals surface area contributed by atoms with Crippen LogP contribution in [0, 0.1) is 0 Å². The van der Waals surface area contributed by atoms with Crippen molar-refractivity contribution in [1.82, 2.24) is 19.9 Å². The molecule has 0 unspecified atom stereocenters. The standard InChI is InChI=1S/C16H18N4/c1-20-15-5-3-2-4-14(15)19-16(20)12-18-11-8-13-6-9-17-10-7-13/h2-7,9-10,18H,8,11-12H2,1H3. The Morgan fingerprint density at radius 1 is 1.10 bits per heavy atom. The maximum absolute atomic E-state index is 4.65. The predicted molar refractivity (Wildman–Crippen MR) is 80.4 cm³/mol. The molecule has 0 spiro atoms. The molecular formula is C16H18N4. The Labute approximate surface area is 118 Å². The Bertz CT molecular complexity index is 688. The fourth-order valence-electron chi connectivity index (χ4n) is 2.34. The van der Waals surface area contributed by atoms with Gasteiger partial charge in [0.05, 0.1) is 17.6 Å². The molecule has 102 valence electrons. The van der Waals surface area contributed by atoms with Crippen LogP contribution in [0.15, 0.2) is 48.8 Å². The van der Waals surface area contributed by atoms with Crippen molar-refractivity contribution >= 4 is 11.0 Å². The maximum Gasteiger partial charge on any atom is 0.123 e. The molecule has 0 saturated heterocycles. The van der Waals surface area contributed by atoms with Crippen LogP contribution in [0.4, 0.5) is 0 Å². The van der Waals surface area contributed by atoms with E-state index in [1.807, 2.05) is 24.5 Å². The van der Waals surface area contributed by atoms with Crippen molar-refractivity contribution in [2.24, 2.45) is 7.05 Å². The van der Waals surface area contributed by atoms with Gasteiger partial charge in [-0.2, -0.15) is 0 Å². The van der Waals surface area contributed by atoms with Crippen LogP contribution in [0.1, 0.15) is 11.4 Å². The molecule has 4 nitrogen and oxygen atoms in total. The molecule has 0 atom stereocenters. The minimum atomic E-state index is 0.788. The molecule has 1 N–H and O–H groups in total. The van der Waals surface area contributed by atoms with Crippen LogP contribution in [0.25, 0.3) is 11.0 Å². The Balaban J connectivity index is 1.59. The third-order valence-corrected chi connectivity index (χ3v) is 3.50. The van der Waals surface area contributed by atoms with Gasteiger partial charge in [-0.1, -0.05) is 12.1 Å². The minimum Gasteiger partial charge on any atom is -0.330 e. The Hall–Kier alpha value is -2.20. The molecule has 4 heteroatoms. The summed E-state index contributed by atoms with van der Waals surface area (Å²) >= 11 is 0. The highest BCUT2D eigenvalue weighted by Crippen LogP contribution is 2.13. The molecule has 2 aromatic heterocycles. The van der Waals surface area contributed by atoms with Gasteiger partial charge in [0, 0.05) is 19.4 Å². The first-order valence-corrected chi connectivity index (χ1v) is 6.84. The number of hydrogen-bond acceptors (Lipinski definition) is 3. The van der Waals surface area contributed by atoms with Crippen molar-refractivity contribution in [1.29, 1.82) is 0 Å². The van der Waals surface area contributed by atoms with Gasteiger partial charge >= 0.3 is 0 Å². The molecule has 0 saturated carbocycles. The smallest absolute Gasteiger partial charge is 0.123 e. The van der Waals surface area contributed by atoms with E-state index in [0.717, 1.165) is 30.9 Å². The summed E-state index contributed by atoms with van der Waals surface area (Å²) in [5.41, 5.74) is 3.54. The van der Waals surface area contributed by atoms with E-state index in [4.69, 9.17) is 0 Å². The van der Waals surface area contributed by atoms with Gasteiger partial charge in [-0.05, 0) is 42.8 Å². The number of benzene rings is 1. The summed E-state index contributed by atoms with van der Waals surface area (Å²) in [4.78, 5) is 8.67. The highest BCUT2D eigenvalue weighted by atomic mass is 15.1. The van der Waals surface area contributed by atoms with Crippen LogP contribution in [-0.4, -0.2) is 21.1 Å². The van der Waals surface area contributed by atoms with E-state index < -0.39 is 0 Å². The highest BCUT2D eigenvalue weighted by Gasteiger charge is 2.05. The van der Waals surface area contributed by atoms with Crippen LogP contribution >= 0.6 is 0 Å². The lowest BCUT2D eigenvalue weighted by molar-refractivity contribution is 0.642. The number of nitrogens with zero attached hydrogens (tertiary/aromatic N) is 3. The van der Waals surface area contributed by atoms with Crippen molar-refractivity contribution in [3.05, 3.63) is 60.2 Å². The second kappa shape index (κ2) is 5.84. The molecule has 0 radical (unpaired) electrons. The number of imidazole rings is 1. The summed E-state index contributed by atoms with van der Waals surface area (Å²) < 4.78 is 2.15. The second-order valence-corrected chi connectivity index (χ2v) is 4.86. The second-order valence-electron chi connectivity index (χ2n) is 4.86. The Morgan fingerprint density at radius 3 is 2.70 bits per heavy atom. The van der Waals surface area contributed by atoms with Crippen molar-refractivity contribution < 1.29 is 0 Å². The summed E-state index contributed by atoms with van der Waals surface area (Å²) in [6.07, 6.45) is 4.67. The van der Waals surface area contributed by atoms with E-state index in [9.17, 15) is 0 Å². The zero-order valence-corrected chi connectivity index (χ0v) is 11.6. The first-order valence-electron chi connectivity index (χ1n) is 6.84. The fraction of sp³-hybridized carbons (Fsp3) is 0.250. The number of hydrogen-bond donors (Lipinski definition) is 1. The first-order chi connectivity index (χ1) is 9.84. The molecule has 2 heterocycles. The fourth-order valence-corrected chi connectivity index (χ4v) is 2.34. The molecule has 0 aliphatic heterocycles. The lowest BCUT2D eigenvalue weighted by Gasteiger charge is -2.05. The molecule has 20 heavy (non-hydrogen) atoms. The summed E-state index contributed by atoms with van der Waals surface area (Å²) in [7, 11) is 2.06. The average Bonchev–Trinajstić information content (AvgIpc) is 2.82. The van der Waals surface area contributed by atoms with E-state index in [2.05, 4.69) is 51.2 Å². The number of nitrogens with one attached hydrogen (secondary N) is 1. The van der Waals surface area contributed by atoms with Crippen LogP contribution < -0.4 is 5.32 Å². The largest absolute Gasteiger partial charge is 0.330 e. The number of fused-ring (bicyclic) bond motifs is 1. The SMILES string of the molecule is Cn1c(CNCCc2ccncc2)nc2ccccc21. The number of aryl methyl sites for hydroxylation is 1. The molecule has 0 aliphatic carbocycles. The number of rotatable bonds is 5. The van der Waals surface area contributed by atoms with E-state index in [0.29, 0.717) is 0 Å². The van der Waals surface area contributed by atoms with Gasteiger partial charge in [0.15, 0.2) is 0 Å². The van der Waals surface area contributed by atoms with Crippen LogP contribution in [0.2, 0.25) is 0 Å². The molecule has 3 rings (SSSR count). The van der Waals surface area contributed by atoms with Crippen molar-refractivity contribution in [2.75, 3.05) is 6.54 Å². The molecule has 0 amide bonds. The van der Waals surface area contributed by atoms with E-state index in [1.165, 1.54) is 11.1 Å². The molecule has 1 aromatic carbocycles. The lowest BCUT2D eigenvalue weighted by Crippen LogP contribution is -2.19. The van der Waals surface area contributed by atoms with Crippen molar-refractivity contribution in [3.8, 4) is 0 Å². The molecule has 0 bridgehead atoms. The van der Waals surface area contributed by atoms with Crippen LogP contribution in [0.5, 0.6) is 0 Å². The van der Waals surface area contributed by atoms with Gasteiger partial charge in [-0.25, -0.2) is 4.98 Å². The number of pyridine rings is 1. The van der Waals surface area contributed by atoms with Gasteiger partial charge in [0.1, 0.15) is 5.82 Å². The number of aromatic nitrogens is 3. The third-order valence-electron chi connectivity index (χ3n) is 3.50. The van der Waals surface area contributed by atoms with Gasteiger partial charge in [-0.3, -0.25) is 4.98 Å². The van der Waals surface area contributed by atoms with Gasteiger partial charge in [0.25, 0.3) is 0 Å². The van der Waals surface area contributed by atoms with Crippen molar-refractivity contribution in [3.63, 3.8) is 0 Å². The summed E-state index contributed by atoms with van der Waals surface area (Å²) in [6.45, 7) is 1.73. The zero-order chi connectivity index (χ0) is 13.8. The third kappa shape index (κ3) is 2.70. The lowest BCUT2D eigenvalue weighted by atomic mass is 10.2. The van der Waals surface area contributed by atoms with Crippen LogP contribution in [-0.2, 0) is 20.0 Å². The summed E-state index contributed by atoms with van der Waals surface area (Å²) in [6, 6.07) is 12.3. The van der Waals surface area contributed by atoms with E-state index in [-0.39, 0.29) is 0 Å². The Morgan fingerprint density at radius 2 is 1.90 bits per heavy atom. The van der Waals surface area contributed by atoms with Gasteiger partial charge < -0.3 is 9.88 Å². The van der Waals surface area contributed by atoms with Gasteiger partial charge in [-0.15, -0.1) is 0 Å². The number of para-hydroxylation sites is 2. The topological polar surface area (TPSA) is 42.7 Å². The van der Waals surface area contributed by atoms with E-state index >= 15 is 0 Å². The first kappa shape index (κ1) is 12.8. The highest BCUT2D eigenvalue weighted by molar-refractivity contribution is 5.75. The minimum absolute atomic E-state index is 0.788. The molecule has 3 aromatic rings. The molecule has 0 aliphatic rings. The quantitative estimate of drug-likeness (QED) is 0.721. The van der Waals surface area contributed by atoms with Crippen LogP contribution in [0.3, 0.4) is 0 Å².